The topological polar surface area (TPSA) is 94.8 Å². The number of hydrogen-bond donors (Lipinski definition) is 3. The molecule has 0 spiro atoms. The van der Waals surface area contributed by atoms with Crippen molar-refractivity contribution in [1.82, 2.24) is 0 Å². The molecule has 0 fully saturated rings. The van der Waals surface area contributed by atoms with Crippen molar-refractivity contribution in [2.24, 2.45) is 0 Å². The Balaban J connectivity index is 0. The SMILES string of the molecule is C/C(=C\CCO)C(=O)O.CC/C=C(\C)C(=O)O. The van der Waals surface area contributed by atoms with Crippen LogP contribution in [0.4, 0.5) is 0 Å². The Bertz CT molecular complexity index is 302. The monoisotopic (exact) mass is 244 g/mol. The van der Waals surface area contributed by atoms with Crippen molar-refractivity contribution >= 4 is 11.9 Å². The Morgan fingerprint density at radius 1 is 1.00 bits per heavy atom. The molecule has 5 heteroatoms. The van der Waals surface area contributed by atoms with E-state index in [0.717, 1.165) is 6.42 Å². The molecule has 0 aliphatic carbocycles. The van der Waals surface area contributed by atoms with Gasteiger partial charge in [0.15, 0.2) is 0 Å². The fourth-order valence-corrected chi connectivity index (χ4v) is 0.762. The predicted molar refractivity (Wildman–Crippen MR) is 64.8 cm³/mol. The fourth-order valence-electron chi connectivity index (χ4n) is 0.762. The van der Waals surface area contributed by atoms with Crippen LogP contribution >= 0.6 is 0 Å². The first-order chi connectivity index (χ1) is 7.86. The van der Waals surface area contributed by atoms with E-state index in [1.807, 2.05) is 6.92 Å². The summed E-state index contributed by atoms with van der Waals surface area (Å²) < 4.78 is 0. The molecular formula is C12H20O5. The van der Waals surface area contributed by atoms with Crippen LogP contribution in [-0.4, -0.2) is 33.9 Å². The quantitative estimate of drug-likeness (QED) is 0.641. The standard InChI is InChI=1S/C6H10O3.C6H10O2/c1-5(6(8)9)3-2-4-7;1-3-4-5(2)6(7)8/h3,7H,2,4H2,1H3,(H,8,9);4H,3H2,1-2H3,(H,7,8)/b5-3+;5-4+. The van der Waals surface area contributed by atoms with E-state index in [1.165, 1.54) is 13.0 Å². The summed E-state index contributed by atoms with van der Waals surface area (Å²) in [5, 5.41) is 24.8. The number of rotatable bonds is 5. The molecule has 0 rings (SSSR count). The minimum Gasteiger partial charge on any atom is -0.478 e. The molecule has 0 aromatic rings. The van der Waals surface area contributed by atoms with Gasteiger partial charge in [-0.05, 0) is 26.7 Å². The highest BCUT2D eigenvalue weighted by Crippen LogP contribution is 1.93. The third-order valence-electron chi connectivity index (χ3n) is 1.76. The summed E-state index contributed by atoms with van der Waals surface area (Å²) in [6, 6.07) is 0. The van der Waals surface area contributed by atoms with Crippen molar-refractivity contribution in [3.8, 4) is 0 Å². The van der Waals surface area contributed by atoms with Crippen molar-refractivity contribution in [3.05, 3.63) is 23.3 Å². The maximum Gasteiger partial charge on any atom is 0.330 e. The normalized spacial score (nSPS) is 11.5. The molecule has 0 unspecified atom stereocenters. The van der Waals surface area contributed by atoms with Crippen molar-refractivity contribution in [2.75, 3.05) is 6.61 Å². The van der Waals surface area contributed by atoms with E-state index in [9.17, 15) is 9.59 Å². The second kappa shape index (κ2) is 10.9. The minimum atomic E-state index is -0.927. The van der Waals surface area contributed by atoms with Crippen LogP contribution in [0.5, 0.6) is 0 Å². The zero-order chi connectivity index (χ0) is 13.8. The summed E-state index contributed by atoms with van der Waals surface area (Å²) in [7, 11) is 0. The molecule has 0 aromatic carbocycles. The lowest BCUT2D eigenvalue weighted by atomic mass is 10.2. The molecule has 0 saturated carbocycles. The second-order valence-corrected chi connectivity index (χ2v) is 3.31. The summed E-state index contributed by atoms with van der Waals surface area (Å²) in [5.74, 6) is -1.75. The number of hydrogen-bond acceptors (Lipinski definition) is 3. The van der Waals surface area contributed by atoms with Gasteiger partial charge < -0.3 is 15.3 Å². The predicted octanol–water partition coefficient (Wildman–Crippen LogP) is 1.83. The number of aliphatic hydroxyl groups is 1. The summed E-state index contributed by atoms with van der Waals surface area (Å²) in [6.07, 6.45) is 4.38. The Labute approximate surface area is 101 Å². The maximum atomic E-state index is 10.1. The van der Waals surface area contributed by atoms with E-state index >= 15 is 0 Å². The lowest BCUT2D eigenvalue weighted by Gasteiger charge is -1.89. The van der Waals surface area contributed by atoms with Crippen LogP contribution < -0.4 is 0 Å². The highest BCUT2D eigenvalue weighted by molar-refractivity contribution is 5.86. The van der Waals surface area contributed by atoms with Crippen LogP contribution in [-0.2, 0) is 9.59 Å². The first kappa shape index (κ1) is 17.8. The molecule has 0 radical (unpaired) electrons. The summed E-state index contributed by atoms with van der Waals surface area (Å²) in [4.78, 5) is 20.1. The average molecular weight is 244 g/mol. The minimum absolute atomic E-state index is 0.00458. The molecule has 17 heavy (non-hydrogen) atoms. The number of allylic oxidation sites excluding steroid dienone is 1. The van der Waals surface area contributed by atoms with Crippen LogP contribution in [0.2, 0.25) is 0 Å². The van der Waals surface area contributed by atoms with E-state index in [-0.39, 0.29) is 12.2 Å². The largest absolute Gasteiger partial charge is 0.478 e. The van der Waals surface area contributed by atoms with Crippen LogP contribution in [0.15, 0.2) is 23.3 Å². The molecule has 0 aromatic heterocycles. The van der Waals surface area contributed by atoms with Gasteiger partial charge in [-0.3, -0.25) is 0 Å². The first-order valence-corrected chi connectivity index (χ1v) is 5.27. The van der Waals surface area contributed by atoms with E-state index in [0.29, 0.717) is 12.0 Å². The van der Waals surface area contributed by atoms with Gasteiger partial charge in [-0.2, -0.15) is 0 Å². The Morgan fingerprint density at radius 2 is 1.41 bits per heavy atom. The van der Waals surface area contributed by atoms with Gasteiger partial charge in [-0.25, -0.2) is 9.59 Å². The number of aliphatic carboxylic acids is 2. The average Bonchev–Trinajstić information content (AvgIpc) is 2.26. The summed E-state index contributed by atoms with van der Waals surface area (Å²) >= 11 is 0. The molecular weight excluding hydrogens is 224 g/mol. The molecule has 0 heterocycles. The number of carboxylic acids is 2. The van der Waals surface area contributed by atoms with Gasteiger partial charge in [0.2, 0.25) is 0 Å². The fraction of sp³-hybridized carbons (Fsp3) is 0.500. The number of carboxylic acid groups (broad SMARTS) is 2. The number of aliphatic hydroxyl groups excluding tert-OH is 1. The number of carbonyl (C=O) groups is 2. The van der Waals surface area contributed by atoms with Crippen LogP contribution in [0.1, 0.15) is 33.6 Å². The van der Waals surface area contributed by atoms with Crippen molar-refractivity contribution in [3.63, 3.8) is 0 Å². The van der Waals surface area contributed by atoms with Gasteiger partial charge >= 0.3 is 11.9 Å². The van der Waals surface area contributed by atoms with Gasteiger partial charge in [0.05, 0.1) is 0 Å². The van der Waals surface area contributed by atoms with Crippen molar-refractivity contribution in [1.29, 1.82) is 0 Å². The van der Waals surface area contributed by atoms with E-state index < -0.39 is 11.9 Å². The summed E-state index contributed by atoms with van der Waals surface area (Å²) in [6.45, 7) is 5.00. The van der Waals surface area contributed by atoms with E-state index in [2.05, 4.69) is 0 Å². The maximum absolute atomic E-state index is 10.1. The Kier molecular flexibility index (Phi) is 11.4. The van der Waals surface area contributed by atoms with E-state index in [4.69, 9.17) is 15.3 Å². The first-order valence-electron chi connectivity index (χ1n) is 5.27. The Morgan fingerprint density at radius 3 is 1.65 bits per heavy atom. The third kappa shape index (κ3) is 12.3. The Hall–Kier alpha value is -1.62. The zero-order valence-electron chi connectivity index (χ0n) is 10.4. The zero-order valence-corrected chi connectivity index (χ0v) is 10.4. The van der Waals surface area contributed by atoms with Gasteiger partial charge in [0.25, 0.3) is 0 Å². The molecule has 0 aliphatic heterocycles. The van der Waals surface area contributed by atoms with Crippen molar-refractivity contribution in [2.45, 2.75) is 33.6 Å². The highest BCUT2D eigenvalue weighted by atomic mass is 16.4. The van der Waals surface area contributed by atoms with Crippen LogP contribution in [0.25, 0.3) is 0 Å². The molecule has 3 N–H and O–H groups in total. The third-order valence-corrected chi connectivity index (χ3v) is 1.76. The molecule has 0 bridgehead atoms. The lowest BCUT2D eigenvalue weighted by Crippen LogP contribution is -1.95. The molecule has 98 valence electrons. The summed E-state index contributed by atoms with van der Waals surface area (Å²) in [5.41, 5.74) is 0.705. The van der Waals surface area contributed by atoms with Crippen LogP contribution in [0, 0.1) is 0 Å². The molecule has 0 atom stereocenters. The van der Waals surface area contributed by atoms with Gasteiger partial charge in [-0.1, -0.05) is 19.1 Å². The molecule has 5 nitrogen and oxygen atoms in total. The smallest absolute Gasteiger partial charge is 0.330 e. The molecule has 0 saturated heterocycles. The lowest BCUT2D eigenvalue weighted by molar-refractivity contribution is -0.133. The van der Waals surface area contributed by atoms with E-state index in [1.54, 1.807) is 13.0 Å². The van der Waals surface area contributed by atoms with Gasteiger partial charge in [-0.15, -0.1) is 0 Å². The van der Waals surface area contributed by atoms with Gasteiger partial charge in [0, 0.05) is 17.8 Å². The van der Waals surface area contributed by atoms with Gasteiger partial charge in [0.1, 0.15) is 0 Å². The molecule has 0 amide bonds. The molecule has 0 aliphatic rings. The highest BCUT2D eigenvalue weighted by Gasteiger charge is 1.96. The second-order valence-electron chi connectivity index (χ2n) is 3.31. The van der Waals surface area contributed by atoms with Crippen LogP contribution in [0.3, 0.4) is 0 Å². The van der Waals surface area contributed by atoms with Crippen molar-refractivity contribution < 1.29 is 24.9 Å².